The molecule has 1 aromatic carbocycles. The van der Waals surface area contributed by atoms with E-state index in [9.17, 15) is 14.0 Å². The maximum Gasteiger partial charge on any atom is 0.343 e. The van der Waals surface area contributed by atoms with Crippen LogP contribution in [-0.2, 0) is 9.59 Å². The first-order valence-corrected chi connectivity index (χ1v) is 7.29. The van der Waals surface area contributed by atoms with Gasteiger partial charge < -0.3 is 10.0 Å². The van der Waals surface area contributed by atoms with Crippen molar-refractivity contribution in [3.63, 3.8) is 0 Å². The molecule has 0 aliphatic carbocycles. The number of amides is 1. The van der Waals surface area contributed by atoms with Crippen LogP contribution in [0.15, 0.2) is 29.2 Å². The van der Waals surface area contributed by atoms with E-state index in [1.807, 2.05) is 31.2 Å². The molecule has 0 aromatic heterocycles. The number of thioether (sulfide) groups is 1. The first-order valence-electron chi connectivity index (χ1n) is 6.31. The van der Waals surface area contributed by atoms with Crippen LogP contribution in [-0.4, -0.2) is 46.4 Å². The van der Waals surface area contributed by atoms with Crippen LogP contribution >= 0.6 is 11.8 Å². The molecule has 108 valence electrons. The van der Waals surface area contributed by atoms with Crippen molar-refractivity contribution in [2.45, 2.75) is 23.9 Å². The van der Waals surface area contributed by atoms with Crippen LogP contribution in [0.5, 0.6) is 0 Å². The maximum absolute atomic E-state index is 13.9. The fourth-order valence-electron chi connectivity index (χ4n) is 2.11. The molecule has 1 atom stereocenters. The number of nitrogens with zero attached hydrogens (tertiary/aromatic N) is 1. The van der Waals surface area contributed by atoms with Crippen LogP contribution in [0.3, 0.4) is 0 Å². The zero-order valence-electron chi connectivity index (χ0n) is 11.1. The Bertz CT molecular complexity index is 537. The van der Waals surface area contributed by atoms with Crippen molar-refractivity contribution in [2.24, 2.45) is 0 Å². The lowest BCUT2D eigenvalue weighted by Crippen LogP contribution is -2.39. The Hall–Kier alpha value is -1.56. The molecule has 0 saturated carbocycles. The summed E-state index contributed by atoms with van der Waals surface area (Å²) in [4.78, 5) is 25.1. The molecule has 0 radical (unpaired) electrons. The van der Waals surface area contributed by atoms with Gasteiger partial charge >= 0.3 is 5.97 Å². The fraction of sp³-hybridized carbons (Fsp3) is 0.429. The number of aryl methyl sites for hydroxylation is 1. The summed E-state index contributed by atoms with van der Waals surface area (Å²) in [5.74, 6) is -1.51. The molecule has 1 N–H and O–H groups in total. The Morgan fingerprint density at radius 3 is 2.75 bits per heavy atom. The molecule has 1 heterocycles. The molecule has 1 aliphatic rings. The molecule has 0 spiro atoms. The van der Waals surface area contributed by atoms with Gasteiger partial charge in [0.05, 0.1) is 12.3 Å². The molecule has 1 fully saturated rings. The van der Waals surface area contributed by atoms with E-state index >= 15 is 0 Å². The van der Waals surface area contributed by atoms with Crippen molar-refractivity contribution < 1.29 is 19.1 Å². The number of hydrogen-bond donors (Lipinski definition) is 1. The van der Waals surface area contributed by atoms with Crippen molar-refractivity contribution in [2.75, 3.05) is 18.8 Å². The second kappa shape index (κ2) is 5.83. The summed E-state index contributed by atoms with van der Waals surface area (Å²) in [6.45, 7) is 1.77. The highest BCUT2D eigenvalue weighted by molar-refractivity contribution is 8.00. The monoisotopic (exact) mass is 297 g/mol. The molecule has 1 aromatic rings. The topological polar surface area (TPSA) is 57.6 Å². The van der Waals surface area contributed by atoms with Crippen molar-refractivity contribution >= 4 is 23.6 Å². The van der Waals surface area contributed by atoms with E-state index < -0.39 is 11.6 Å². The molecule has 2 rings (SSSR count). The van der Waals surface area contributed by atoms with Gasteiger partial charge in [-0.1, -0.05) is 18.2 Å². The molecule has 20 heavy (non-hydrogen) atoms. The number of halogens is 1. The number of alkyl halides is 1. The van der Waals surface area contributed by atoms with E-state index in [-0.39, 0.29) is 31.2 Å². The highest BCUT2D eigenvalue weighted by Gasteiger charge is 2.46. The lowest BCUT2D eigenvalue weighted by Gasteiger charge is -2.17. The lowest BCUT2D eigenvalue weighted by molar-refractivity contribution is -0.150. The van der Waals surface area contributed by atoms with Gasteiger partial charge in [-0.05, 0) is 18.6 Å². The minimum absolute atomic E-state index is 0.136. The van der Waals surface area contributed by atoms with Gasteiger partial charge in [-0.3, -0.25) is 4.79 Å². The summed E-state index contributed by atoms with van der Waals surface area (Å²) < 4.78 is 13.9. The van der Waals surface area contributed by atoms with Gasteiger partial charge in [0.15, 0.2) is 0 Å². The Labute approximate surface area is 121 Å². The fourth-order valence-corrected chi connectivity index (χ4v) is 3.04. The van der Waals surface area contributed by atoms with Crippen LogP contribution in [0.1, 0.15) is 12.0 Å². The van der Waals surface area contributed by atoms with Crippen LogP contribution < -0.4 is 0 Å². The zero-order chi connectivity index (χ0) is 14.8. The van der Waals surface area contributed by atoms with Gasteiger partial charge in [0.1, 0.15) is 0 Å². The maximum atomic E-state index is 13.9. The van der Waals surface area contributed by atoms with Crippen molar-refractivity contribution in [3.05, 3.63) is 29.8 Å². The molecule has 6 heteroatoms. The average molecular weight is 297 g/mol. The van der Waals surface area contributed by atoms with Gasteiger partial charge in [-0.2, -0.15) is 0 Å². The third-order valence-corrected chi connectivity index (χ3v) is 4.56. The van der Waals surface area contributed by atoms with E-state index in [1.165, 1.54) is 16.7 Å². The number of carboxylic acid groups (broad SMARTS) is 1. The van der Waals surface area contributed by atoms with Gasteiger partial charge in [0.25, 0.3) is 0 Å². The van der Waals surface area contributed by atoms with E-state index in [1.54, 1.807) is 0 Å². The minimum Gasteiger partial charge on any atom is -0.479 e. The van der Waals surface area contributed by atoms with Crippen molar-refractivity contribution in [1.82, 2.24) is 4.90 Å². The normalized spacial score (nSPS) is 22.0. The highest BCUT2D eigenvalue weighted by Crippen LogP contribution is 2.28. The summed E-state index contributed by atoms with van der Waals surface area (Å²) in [6.07, 6.45) is -0.136. The zero-order valence-corrected chi connectivity index (χ0v) is 12.0. The first kappa shape index (κ1) is 14.8. The predicted molar refractivity (Wildman–Crippen MR) is 74.6 cm³/mol. The Kier molecular flexibility index (Phi) is 4.32. The number of carbonyl (C=O) groups excluding carboxylic acids is 1. The Balaban J connectivity index is 1.91. The van der Waals surface area contributed by atoms with Gasteiger partial charge in [-0.25, -0.2) is 9.18 Å². The second-order valence-corrected chi connectivity index (χ2v) is 5.91. The summed E-state index contributed by atoms with van der Waals surface area (Å²) in [6, 6.07) is 7.70. The molecule has 0 bridgehead atoms. The number of rotatable bonds is 4. The van der Waals surface area contributed by atoms with E-state index in [0.717, 1.165) is 10.5 Å². The van der Waals surface area contributed by atoms with Crippen molar-refractivity contribution in [1.29, 1.82) is 0 Å². The highest BCUT2D eigenvalue weighted by atomic mass is 32.2. The number of likely N-dealkylation sites (tertiary alicyclic amines) is 1. The van der Waals surface area contributed by atoms with E-state index in [2.05, 4.69) is 0 Å². The third kappa shape index (κ3) is 3.12. The number of carboxylic acids is 1. The van der Waals surface area contributed by atoms with Gasteiger partial charge in [0.2, 0.25) is 11.6 Å². The average Bonchev–Trinajstić information content (AvgIpc) is 2.82. The number of carbonyl (C=O) groups is 2. The molecule has 1 unspecified atom stereocenters. The minimum atomic E-state index is -2.29. The molecular weight excluding hydrogens is 281 g/mol. The number of hydrogen-bond acceptors (Lipinski definition) is 3. The Morgan fingerprint density at radius 2 is 2.15 bits per heavy atom. The molecule has 1 aliphatic heterocycles. The lowest BCUT2D eigenvalue weighted by atomic mass is 10.1. The van der Waals surface area contributed by atoms with Crippen LogP contribution in [0.4, 0.5) is 4.39 Å². The molecule has 1 saturated heterocycles. The summed E-state index contributed by atoms with van der Waals surface area (Å²) in [5, 5.41) is 8.80. The largest absolute Gasteiger partial charge is 0.479 e. The molecule has 4 nitrogen and oxygen atoms in total. The Morgan fingerprint density at radius 1 is 1.45 bits per heavy atom. The smallest absolute Gasteiger partial charge is 0.343 e. The SMILES string of the molecule is Cc1ccccc1SCC(=O)N1CCC(F)(C(=O)O)C1. The number of aliphatic carboxylic acids is 1. The second-order valence-electron chi connectivity index (χ2n) is 4.89. The van der Waals surface area contributed by atoms with Crippen molar-refractivity contribution in [3.8, 4) is 0 Å². The quantitative estimate of drug-likeness (QED) is 0.865. The van der Waals surface area contributed by atoms with Gasteiger partial charge in [-0.15, -0.1) is 11.8 Å². The molecule has 1 amide bonds. The van der Waals surface area contributed by atoms with Gasteiger partial charge in [0, 0.05) is 17.9 Å². The van der Waals surface area contributed by atoms with E-state index in [0.29, 0.717) is 0 Å². The summed E-state index contributed by atoms with van der Waals surface area (Å²) >= 11 is 1.39. The third-order valence-electron chi connectivity index (χ3n) is 3.40. The van der Waals surface area contributed by atoms with E-state index in [4.69, 9.17) is 5.11 Å². The standard InChI is InChI=1S/C14H16FNO3S/c1-10-4-2-3-5-11(10)20-8-12(17)16-7-6-14(15,9-16)13(18)19/h2-5H,6-9H2,1H3,(H,18,19). The van der Waals surface area contributed by atoms with Crippen LogP contribution in [0.2, 0.25) is 0 Å². The summed E-state index contributed by atoms with van der Waals surface area (Å²) in [5.41, 5.74) is -1.21. The first-order chi connectivity index (χ1) is 9.42. The summed E-state index contributed by atoms with van der Waals surface area (Å²) in [7, 11) is 0. The van der Waals surface area contributed by atoms with Crippen LogP contribution in [0, 0.1) is 6.92 Å². The predicted octanol–water partition coefficient (Wildman–Crippen LogP) is 2.11. The number of benzene rings is 1. The van der Waals surface area contributed by atoms with Crippen LogP contribution in [0.25, 0.3) is 0 Å². The molecular formula is C14H16FNO3S.